The highest BCUT2D eigenvalue weighted by Gasteiger charge is 1.96. The molecule has 0 aromatic carbocycles. The second-order valence-electron chi connectivity index (χ2n) is 2.75. The van der Waals surface area contributed by atoms with Gasteiger partial charge in [0.05, 0.1) is 19.8 Å². The Balaban J connectivity index is 2.10. The van der Waals surface area contributed by atoms with Gasteiger partial charge in [0.2, 0.25) is 11.8 Å². The van der Waals surface area contributed by atoms with E-state index in [0.29, 0.717) is 26.4 Å². The lowest BCUT2D eigenvalue weighted by Crippen LogP contribution is -2.10. The van der Waals surface area contributed by atoms with Gasteiger partial charge in [-0.25, -0.2) is 0 Å². The van der Waals surface area contributed by atoms with E-state index in [-0.39, 0.29) is 5.88 Å². The Kier molecular flexibility index (Phi) is 5.65. The van der Waals surface area contributed by atoms with Crippen molar-refractivity contribution in [2.45, 2.75) is 0 Å². The van der Waals surface area contributed by atoms with Crippen LogP contribution >= 0.6 is 0 Å². The summed E-state index contributed by atoms with van der Waals surface area (Å²) in [5, 5.41) is 0. The minimum absolute atomic E-state index is 0.269. The number of aromatic nitrogens is 1. The summed E-state index contributed by atoms with van der Waals surface area (Å²) in [6.07, 6.45) is 0. The topological polar surface area (TPSA) is 40.6 Å². The highest BCUT2D eigenvalue weighted by molar-refractivity contribution is 5.10. The molecule has 1 aromatic heterocycles. The molecule has 0 aliphatic rings. The van der Waals surface area contributed by atoms with Crippen molar-refractivity contribution in [3.8, 4) is 5.88 Å². The number of nitrogens with zero attached hydrogens (tertiary/aromatic N) is 1. The normalized spacial score (nSPS) is 10.3. The van der Waals surface area contributed by atoms with Crippen molar-refractivity contribution in [2.75, 3.05) is 33.5 Å². The fraction of sp³-hybridized carbons (Fsp3) is 0.500. The molecule has 0 amide bonds. The molecule has 0 aliphatic heterocycles. The summed E-state index contributed by atoms with van der Waals surface area (Å²) >= 11 is 0. The van der Waals surface area contributed by atoms with Crippen LogP contribution in [0.25, 0.3) is 0 Å². The average molecular weight is 215 g/mol. The van der Waals surface area contributed by atoms with E-state index in [2.05, 4.69) is 4.98 Å². The van der Waals surface area contributed by atoms with Gasteiger partial charge in [0.15, 0.2) is 0 Å². The van der Waals surface area contributed by atoms with Gasteiger partial charge in [-0.2, -0.15) is 9.37 Å². The highest BCUT2D eigenvalue weighted by atomic mass is 19.1. The minimum atomic E-state index is -0.548. The monoisotopic (exact) mass is 215 g/mol. The van der Waals surface area contributed by atoms with Crippen LogP contribution in [-0.2, 0) is 9.47 Å². The van der Waals surface area contributed by atoms with Gasteiger partial charge in [-0.05, 0) is 6.07 Å². The van der Waals surface area contributed by atoms with Crippen LogP contribution in [0.4, 0.5) is 4.39 Å². The molecule has 5 heteroatoms. The molecule has 1 aromatic rings. The van der Waals surface area contributed by atoms with Gasteiger partial charge in [0.25, 0.3) is 0 Å². The number of halogens is 1. The summed E-state index contributed by atoms with van der Waals surface area (Å²) in [6, 6.07) is 4.41. The first-order valence-electron chi connectivity index (χ1n) is 4.65. The molecule has 1 rings (SSSR count). The summed E-state index contributed by atoms with van der Waals surface area (Å²) in [5.74, 6) is -0.279. The Hall–Kier alpha value is -1.20. The molecule has 0 saturated carbocycles. The Labute approximate surface area is 88.0 Å². The average Bonchev–Trinajstić information content (AvgIpc) is 2.23. The molecule has 0 saturated heterocycles. The van der Waals surface area contributed by atoms with E-state index in [9.17, 15) is 4.39 Å². The lowest BCUT2D eigenvalue weighted by molar-refractivity contribution is 0.0535. The second kappa shape index (κ2) is 7.14. The minimum Gasteiger partial charge on any atom is -0.475 e. The summed E-state index contributed by atoms with van der Waals surface area (Å²) in [6.45, 7) is 1.86. The molecule has 0 radical (unpaired) electrons. The Morgan fingerprint density at radius 2 is 2.00 bits per heavy atom. The number of pyridine rings is 1. The SMILES string of the molecule is COCCOCCOc1cccc(F)n1. The molecule has 0 fully saturated rings. The molecule has 0 aliphatic carbocycles. The van der Waals surface area contributed by atoms with Crippen LogP contribution < -0.4 is 4.74 Å². The molecule has 0 spiro atoms. The van der Waals surface area contributed by atoms with Gasteiger partial charge < -0.3 is 14.2 Å². The van der Waals surface area contributed by atoms with Crippen LogP contribution in [-0.4, -0.2) is 38.5 Å². The highest BCUT2D eigenvalue weighted by Crippen LogP contribution is 2.05. The number of hydrogen-bond acceptors (Lipinski definition) is 4. The maximum atomic E-state index is 12.6. The van der Waals surface area contributed by atoms with E-state index < -0.39 is 5.95 Å². The third kappa shape index (κ3) is 5.29. The summed E-state index contributed by atoms with van der Waals surface area (Å²) in [4.78, 5) is 3.54. The van der Waals surface area contributed by atoms with Gasteiger partial charge in [-0.15, -0.1) is 0 Å². The first-order chi connectivity index (χ1) is 7.33. The van der Waals surface area contributed by atoms with E-state index in [0.717, 1.165) is 0 Å². The van der Waals surface area contributed by atoms with Gasteiger partial charge in [0.1, 0.15) is 6.61 Å². The lowest BCUT2D eigenvalue weighted by atomic mass is 10.5. The zero-order valence-corrected chi connectivity index (χ0v) is 8.61. The van der Waals surface area contributed by atoms with E-state index >= 15 is 0 Å². The van der Waals surface area contributed by atoms with Crippen molar-refractivity contribution in [3.63, 3.8) is 0 Å². The van der Waals surface area contributed by atoms with Gasteiger partial charge >= 0.3 is 0 Å². The van der Waals surface area contributed by atoms with Crippen molar-refractivity contribution < 1.29 is 18.6 Å². The van der Waals surface area contributed by atoms with Crippen molar-refractivity contribution in [1.82, 2.24) is 4.98 Å². The Bertz CT molecular complexity index is 283. The van der Waals surface area contributed by atoms with Gasteiger partial charge in [0, 0.05) is 13.2 Å². The Morgan fingerprint density at radius 3 is 2.73 bits per heavy atom. The zero-order valence-electron chi connectivity index (χ0n) is 8.61. The largest absolute Gasteiger partial charge is 0.475 e. The number of hydrogen-bond donors (Lipinski definition) is 0. The van der Waals surface area contributed by atoms with Crippen molar-refractivity contribution in [3.05, 3.63) is 24.1 Å². The number of ether oxygens (including phenoxy) is 3. The molecule has 15 heavy (non-hydrogen) atoms. The molecule has 0 atom stereocenters. The van der Waals surface area contributed by atoms with Crippen LogP contribution in [0.3, 0.4) is 0 Å². The molecule has 4 nitrogen and oxygen atoms in total. The van der Waals surface area contributed by atoms with Crippen molar-refractivity contribution >= 4 is 0 Å². The van der Waals surface area contributed by atoms with Crippen molar-refractivity contribution in [2.24, 2.45) is 0 Å². The molecule has 1 heterocycles. The smallest absolute Gasteiger partial charge is 0.216 e. The fourth-order valence-electron chi connectivity index (χ4n) is 0.920. The molecule has 84 valence electrons. The van der Waals surface area contributed by atoms with Crippen molar-refractivity contribution in [1.29, 1.82) is 0 Å². The lowest BCUT2D eigenvalue weighted by Gasteiger charge is -2.05. The van der Waals surface area contributed by atoms with Crippen LogP contribution in [0.15, 0.2) is 18.2 Å². The summed E-state index contributed by atoms with van der Waals surface area (Å²) in [5.41, 5.74) is 0. The second-order valence-corrected chi connectivity index (χ2v) is 2.75. The first kappa shape index (κ1) is 11.9. The molecule has 0 bridgehead atoms. The molecule has 0 unspecified atom stereocenters. The predicted octanol–water partition coefficient (Wildman–Crippen LogP) is 1.26. The molecular weight excluding hydrogens is 201 g/mol. The molecular formula is C10H14FNO3. The van der Waals surface area contributed by atoms with Crippen LogP contribution in [0.2, 0.25) is 0 Å². The van der Waals surface area contributed by atoms with E-state index in [1.54, 1.807) is 19.2 Å². The summed E-state index contributed by atoms with van der Waals surface area (Å²) in [7, 11) is 1.61. The van der Waals surface area contributed by atoms with E-state index in [4.69, 9.17) is 14.2 Å². The maximum absolute atomic E-state index is 12.6. The van der Waals surface area contributed by atoms with E-state index in [1.165, 1.54) is 6.07 Å². The van der Waals surface area contributed by atoms with Crippen LogP contribution in [0, 0.1) is 5.95 Å². The number of methoxy groups -OCH3 is 1. The standard InChI is InChI=1S/C10H14FNO3/c1-13-5-6-14-7-8-15-10-4-2-3-9(11)12-10/h2-4H,5-8H2,1H3. The van der Waals surface area contributed by atoms with Gasteiger partial charge in [-0.3, -0.25) is 0 Å². The van der Waals surface area contributed by atoms with Gasteiger partial charge in [-0.1, -0.05) is 6.07 Å². The van der Waals surface area contributed by atoms with Crippen LogP contribution in [0.1, 0.15) is 0 Å². The predicted molar refractivity (Wildman–Crippen MR) is 52.4 cm³/mol. The maximum Gasteiger partial charge on any atom is 0.216 e. The molecule has 0 N–H and O–H groups in total. The quantitative estimate of drug-likeness (QED) is 0.507. The summed E-state index contributed by atoms with van der Waals surface area (Å²) < 4.78 is 27.7. The van der Waals surface area contributed by atoms with E-state index in [1.807, 2.05) is 0 Å². The fourth-order valence-corrected chi connectivity index (χ4v) is 0.920. The van der Waals surface area contributed by atoms with Crippen LogP contribution in [0.5, 0.6) is 5.88 Å². The third-order valence-corrected chi connectivity index (χ3v) is 1.60. The number of rotatable bonds is 7. The zero-order chi connectivity index (χ0) is 10.9. The third-order valence-electron chi connectivity index (χ3n) is 1.60. The Morgan fingerprint density at radius 1 is 1.20 bits per heavy atom. The first-order valence-corrected chi connectivity index (χ1v) is 4.65.